The molecule has 2 fully saturated rings. The number of likely N-dealkylation sites (tertiary alicyclic amines) is 1. The number of nitrogens with zero attached hydrogens (tertiary/aromatic N) is 1. The maximum atomic E-state index is 13.9. The maximum absolute atomic E-state index is 13.9. The van der Waals surface area contributed by atoms with E-state index in [0.29, 0.717) is 11.5 Å². The van der Waals surface area contributed by atoms with Crippen LogP contribution in [0.2, 0.25) is 0 Å². The Morgan fingerprint density at radius 1 is 1.21 bits per heavy atom. The summed E-state index contributed by atoms with van der Waals surface area (Å²) in [6, 6.07) is 6.11. The molecule has 1 aliphatic heterocycles. The van der Waals surface area contributed by atoms with Gasteiger partial charge in [-0.05, 0) is 50.1 Å². The van der Waals surface area contributed by atoms with Gasteiger partial charge in [0.25, 0.3) is 11.7 Å². The molecule has 1 atom stereocenters. The second-order valence-electron chi connectivity index (χ2n) is 7.44. The number of hydrogen-bond acceptors (Lipinski definition) is 5. The molecule has 1 saturated heterocycles. The average Bonchev–Trinajstić information content (AvgIpc) is 3.42. The number of ketones is 1. The van der Waals surface area contributed by atoms with Gasteiger partial charge >= 0.3 is 0 Å². The smallest absolute Gasteiger partial charge is 0.296 e. The maximum Gasteiger partial charge on any atom is 0.296 e. The summed E-state index contributed by atoms with van der Waals surface area (Å²) in [5, 5.41) is 11.0. The third-order valence-corrected chi connectivity index (χ3v) is 5.65. The summed E-state index contributed by atoms with van der Waals surface area (Å²) in [6.07, 6.45) is 3.50. The van der Waals surface area contributed by atoms with Gasteiger partial charge in [0.1, 0.15) is 34.9 Å². The molecule has 1 N–H and O–H groups in total. The van der Waals surface area contributed by atoms with Crippen LogP contribution >= 0.6 is 0 Å². The number of halogens is 1. The summed E-state index contributed by atoms with van der Waals surface area (Å²) in [5.41, 5.74) is -0.0923. The Morgan fingerprint density at radius 3 is 2.55 bits per heavy atom. The molecule has 1 unspecified atom stereocenters. The lowest BCUT2D eigenvalue weighted by molar-refractivity contribution is -0.141. The third kappa shape index (κ3) is 3.20. The van der Waals surface area contributed by atoms with E-state index in [0.717, 1.165) is 31.7 Å². The summed E-state index contributed by atoms with van der Waals surface area (Å²) >= 11 is 0. The monoisotopic (exact) mass is 399 g/mol. The molecule has 4 rings (SSSR count). The van der Waals surface area contributed by atoms with Crippen molar-refractivity contribution in [2.24, 2.45) is 0 Å². The molecular weight excluding hydrogens is 377 g/mol. The number of ether oxygens (including phenoxy) is 1. The highest BCUT2D eigenvalue weighted by atomic mass is 19.1. The fourth-order valence-corrected chi connectivity index (χ4v) is 4.30. The lowest BCUT2D eigenvalue weighted by Crippen LogP contribution is -2.37. The fraction of sp³-hybridized carbons (Fsp3) is 0.364. The SMILES string of the molecule is COc1ccc(F)cc1/C(O)=C1\C(=O)C(=O)N(C2CCCC2)C1c1ccc(C)o1. The highest BCUT2D eigenvalue weighted by molar-refractivity contribution is 6.46. The quantitative estimate of drug-likeness (QED) is 0.476. The van der Waals surface area contributed by atoms with E-state index < -0.39 is 29.3 Å². The van der Waals surface area contributed by atoms with E-state index in [4.69, 9.17) is 9.15 Å². The van der Waals surface area contributed by atoms with Gasteiger partial charge in [-0.1, -0.05) is 12.8 Å². The molecule has 2 heterocycles. The van der Waals surface area contributed by atoms with Crippen LogP contribution in [0.25, 0.3) is 5.76 Å². The van der Waals surface area contributed by atoms with Crippen LogP contribution in [0, 0.1) is 12.7 Å². The molecule has 0 bridgehead atoms. The Morgan fingerprint density at radius 2 is 1.93 bits per heavy atom. The van der Waals surface area contributed by atoms with Crippen LogP contribution in [0.5, 0.6) is 5.75 Å². The molecule has 2 aliphatic rings. The van der Waals surface area contributed by atoms with Crippen LogP contribution in [0.1, 0.15) is 48.8 Å². The van der Waals surface area contributed by atoms with Crippen molar-refractivity contribution in [1.29, 1.82) is 0 Å². The Hall–Kier alpha value is -3.09. The van der Waals surface area contributed by atoms with Gasteiger partial charge in [-0.2, -0.15) is 0 Å². The molecule has 1 aliphatic carbocycles. The molecule has 1 amide bonds. The third-order valence-electron chi connectivity index (χ3n) is 5.65. The molecule has 1 saturated carbocycles. The minimum Gasteiger partial charge on any atom is -0.507 e. The number of carbonyl (C=O) groups excluding carboxylic acids is 2. The number of carbonyl (C=O) groups is 2. The van der Waals surface area contributed by atoms with Gasteiger partial charge in [0.15, 0.2) is 0 Å². The van der Waals surface area contributed by atoms with Crippen molar-refractivity contribution in [1.82, 2.24) is 4.90 Å². The first-order valence-corrected chi connectivity index (χ1v) is 9.62. The first-order valence-electron chi connectivity index (χ1n) is 9.62. The topological polar surface area (TPSA) is 80.0 Å². The van der Waals surface area contributed by atoms with E-state index in [9.17, 15) is 19.1 Å². The van der Waals surface area contributed by atoms with Gasteiger partial charge in [-0.15, -0.1) is 0 Å². The number of aliphatic hydroxyl groups is 1. The fourth-order valence-electron chi connectivity index (χ4n) is 4.30. The van der Waals surface area contributed by atoms with Gasteiger partial charge < -0.3 is 19.2 Å². The normalized spacial score (nSPS) is 21.9. The van der Waals surface area contributed by atoms with Gasteiger partial charge in [0.2, 0.25) is 0 Å². The Bertz CT molecular complexity index is 1000. The van der Waals surface area contributed by atoms with Crippen molar-refractivity contribution >= 4 is 17.4 Å². The number of benzene rings is 1. The summed E-state index contributed by atoms with van der Waals surface area (Å²) in [5.74, 6) is -1.33. The number of Topliss-reactive ketones (excluding diaryl/α,β-unsaturated/α-hetero) is 1. The summed E-state index contributed by atoms with van der Waals surface area (Å²) < 4.78 is 24.9. The lowest BCUT2D eigenvalue weighted by Gasteiger charge is -2.29. The second-order valence-corrected chi connectivity index (χ2v) is 7.44. The zero-order valence-corrected chi connectivity index (χ0v) is 16.3. The number of furan rings is 1. The zero-order chi connectivity index (χ0) is 20.7. The average molecular weight is 399 g/mol. The minimum absolute atomic E-state index is 0.0187. The largest absolute Gasteiger partial charge is 0.507 e. The van der Waals surface area contributed by atoms with Gasteiger partial charge in [-0.3, -0.25) is 9.59 Å². The van der Waals surface area contributed by atoms with Crippen LogP contribution in [0.15, 0.2) is 40.3 Å². The number of hydrogen-bond donors (Lipinski definition) is 1. The van der Waals surface area contributed by atoms with Crippen LogP contribution < -0.4 is 4.74 Å². The summed E-state index contributed by atoms with van der Waals surface area (Å²) in [7, 11) is 1.38. The second kappa shape index (κ2) is 7.39. The zero-order valence-electron chi connectivity index (χ0n) is 16.3. The molecule has 1 aromatic heterocycles. The van der Waals surface area contributed by atoms with Crippen molar-refractivity contribution < 1.29 is 28.2 Å². The van der Waals surface area contributed by atoms with Crippen molar-refractivity contribution in [3.8, 4) is 5.75 Å². The number of aliphatic hydroxyl groups excluding tert-OH is 1. The van der Waals surface area contributed by atoms with Gasteiger partial charge in [-0.25, -0.2) is 4.39 Å². The standard InChI is InChI=1S/C22H22FNO5/c1-12-7-9-17(29-12)19-18(20(25)15-11-13(23)8-10-16(15)28-2)21(26)22(27)24(19)14-5-3-4-6-14/h7-11,14,19,25H,3-6H2,1-2H3/b20-18+. The predicted octanol–water partition coefficient (Wildman–Crippen LogP) is 4.10. The number of methoxy groups -OCH3 is 1. The first kappa shape index (κ1) is 19.2. The highest BCUT2D eigenvalue weighted by Crippen LogP contribution is 2.44. The Balaban J connectivity index is 1.92. The van der Waals surface area contributed by atoms with Gasteiger partial charge in [0.05, 0.1) is 18.2 Å². The number of rotatable bonds is 4. The highest BCUT2D eigenvalue weighted by Gasteiger charge is 2.50. The van der Waals surface area contributed by atoms with Crippen LogP contribution in [0.4, 0.5) is 4.39 Å². The van der Waals surface area contributed by atoms with Crippen LogP contribution in [-0.2, 0) is 9.59 Å². The van der Waals surface area contributed by atoms with Crippen molar-refractivity contribution in [3.63, 3.8) is 0 Å². The molecule has 6 nitrogen and oxygen atoms in total. The van der Waals surface area contributed by atoms with E-state index in [1.54, 1.807) is 19.1 Å². The van der Waals surface area contributed by atoms with Crippen LogP contribution in [-0.4, -0.2) is 34.8 Å². The predicted molar refractivity (Wildman–Crippen MR) is 103 cm³/mol. The van der Waals surface area contributed by atoms with Crippen molar-refractivity contribution in [2.75, 3.05) is 7.11 Å². The molecule has 7 heteroatoms. The van der Waals surface area contributed by atoms with E-state index in [1.165, 1.54) is 24.1 Å². The molecule has 2 aromatic rings. The van der Waals surface area contributed by atoms with Crippen molar-refractivity contribution in [3.05, 3.63) is 58.8 Å². The molecule has 0 spiro atoms. The lowest BCUT2D eigenvalue weighted by atomic mass is 9.98. The van der Waals surface area contributed by atoms with Crippen molar-refractivity contribution in [2.45, 2.75) is 44.7 Å². The molecule has 152 valence electrons. The molecule has 29 heavy (non-hydrogen) atoms. The van der Waals surface area contributed by atoms with E-state index >= 15 is 0 Å². The van der Waals surface area contributed by atoms with Crippen LogP contribution in [0.3, 0.4) is 0 Å². The Labute approximate surface area is 167 Å². The summed E-state index contributed by atoms with van der Waals surface area (Å²) in [6.45, 7) is 1.76. The first-order chi connectivity index (χ1) is 13.9. The van der Waals surface area contributed by atoms with Gasteiger partial charge in [0, 0.05) is 6.04 Å². The number of amides is 1. The molecular formula is C22H22FNO5. The molecule has 0 radical (unpaired) electrons. The van der Waals surface area contributed by atoms with E-state index in [1.807, 2.05) is 0 Å². The number of aryl methyl sites for hydroxylation is 1. The molecule has 1 aromatic carbocycles. The summed E-state index contributed by atoms with van der Waals surface area (Å²) in [4.78, 5) is 27.4. The van der Waals surface area contributed by atoms with E-state index in [-0.39, 0.29) is 22.9 Å². The Kier molecular flexibility index (Phi) is 4.90. The minimum atomic E-state index is -0.861. The van der Waals surface area contributed by atoms with E-state index in [2.05, 4.69) is 0 Å².